The first kappa shape index (κ1) is 24.9. The highest BCUT2D eigenvalue weighted by Gasteiger charge is 2.58. The highest BCUT2D eigenvalue weighted by molar-refractivity contribution is 6.74. The lowest BCUT2D eigenvalue weighted by atomic mass is 9.80. The molecule has 1 aliphatic heterocycles. The monoisotopic (exact) mass is 463 g/mol. The van der Waals surface area contributed by atoms with Crippen molar-refractivity contribution < 1.29 is 23.1 Å². The number of alkyl halides is 1. The minimum absolute atomic E-state index is 0.126. The van der Waals surface area contributed by atoms with Gasteiger partial charge in [-0.1, -0.05) is 46.2 Å². The maximum absolute atomic E-state index is 15.8. The molecule has 2 amide bonds. The van der Waals surface area contributed by atoms with Gasteiger partial charge in [-0.05, 0) is 67.4 Å². The van der Waals surface area contributed by atoms with Crippen molar-refractivity contribution in [2.75, 3.05) is 18.1 Å². The number of rotatable bonds is 7. The van der Waals surface area contributed by atoms with E-state index in [0.717, 1.165) is 22.4 Å². The van der Waals surface area contributed by atoms with Crippen LogP contribution in [-0.4, -0.2) is 39.2 Å². The lowest BCUT2D eigenvalue weighted by molar-refractivity contribution is -0.130. The maximum Gasteiger partial charge on any atom is 0.421 e. The summed E-state index contributed by atoms with van der Waals surface area (Å²) in [5.41, 5.74) is 0.141. The number of unbranched alkanes of at least 4 members (excludes halogenated alkanes) is 1. The average Bonchev–Trinajstić information content (AvgIpc) is 3.11. The minimum Gasteiger partial charge on any atom is -0.449 e. The molecule has 2 unspecified atom stereocenters. The predicted molar refractivity (Wildman–Crippen MR) is 127 cm³/mol. The Labute approximate surface area is 192 Å². The molecule has 1 aromatic carbocycles. The van der Waals surface area contributed by atoms with Crippen molar-refractivity contribution in [2.45, 2.75) is 95.9 Å². The van der Waals surface area contributed by atoms with Gasteiger partial charge >= 0.3 is 6.09 Å². The van der Waals surface area contributed by atoms with E-state index in [9.17, 15) is 9.59 Å². The van der Waals surface area contributed by atoms with E-state index < -0.39 is 31.9 Å². The van der Waals surface area contributed by atoms with Gasteiger partial charge in [-0.3, -0.25) is 4.79 Å². The van der Waals surface area contributed by atoms with E-state index in [-0.39, 0.29) is 18.1 Å². The third-order valence-electron chi connectivity index (χ3n) is 7.42. The second-order valence-electron chi connectivity index (χ2n) is 10.7. The summed E-state index contributed by atoms with van der Waals surface area (Å²) in [6.07, 6.45) is 2.85. The molecule has 0 aromatic heterocycles. The van der Waals surface area contributed by atoms with Crippen LogP contribution in [0.25, 0.3) is 0 Å². The smallest absolute Gasteiger partial charge is 0.421 e. The molecule has 32 heavy (non-hydrogen) atoms. The van der Waals surface area contributed by atoms with E-state index in [0.29, 0.717) is 38.0 Å². The molecule has 7 heteroatoms. The Morgan fingerprint density at radius 3 is 2.66 bits per heavy atom. The first-order chi connectivity index (χ1) is 14.9. The summed E-state index contributed by atoms with van der Waals surface area (Å²) in [4.78, 5) is 27.0. The molecule has 1 fully saturated rings. The Balaban J connectivity index is 1.86. The molecule has 0 saturated heterocycles. The van der Waals surface area contributed by atoms with Gasteiger partial charge in [0.1, 0.15) is 0 Å². The maximum atomic E-state index is 15.8. The lowest BCUT2D eigenvalue weighted by Crippen LogP contribution is -2.54. The van der Waals surface area contributed by atoms with Gasteiger partial charge in [-0.25, -0.2) is 14.1 Å². The van der Waals surface area contributed by atoms with Gasteiger partial charge in [0.05, 0.1) is 12.3 Å². The molecule has 178 valence electrons. The Morgan fingerprint density at radius 1 is 1.28 bits per heavy atom. The Morgan fingerprint density at radius 2 is 2.00 bits per heavy atom. The minimum atomic E-state index is -2.02. The highest BCUT2D eigenvalue weighted by Crippen LogP contribution is 2.53. The molecule has 0 N–H and O–H groups in total. The molecule has 0 spiro atoms. The van der Waals surface area contributed by atoms with Gasteiger partial charge in [0.15, 0.2) is 14.0 Å². The molecule has 1 aromatic rings. The normalized spacial score (nSPS) is 23.2. The van der Waals surface area contributed by atoms with E-state index in [1.165, 1.54) is 0 Å². The van der Waals surface area contributed by atoms with Gasteiger partial charge < -0.3 is 9.16 Å². The summed E-state index contributed by atoms with van der Waals surface area (Å²) >= 11 is 0. The van der Waals surface area contributed by atoms with Crippen molar-refractivity contribution in [1.29, 1.82) is 0 Å². The number of carbonyl (C=O) groups is 2. The fourth-order valence-corrected chi connectivity index (χ4v) is 5.39. The van der Waals surface area contributed by atoms with Gasteiger partial charge in [0, 0.05) is 12.5 Å². The average molecular weight is 464 g/mol. The van der Waals surface area contributed by atoms with Crippen LogP contribution < -0.4 is 4.90 Å². The molecule has 3 rings (SSSR count). The van der Waals surface area contributed by atoms with E-state index >= 15 is 4.39 Å². The van der Waals surface area contributed by atoms with Gasteiger partial charge in [-0.15, -0.1) is 0 Å². The van der Waals surface area contributed by atoms with Crippen LogP contribution in [0.15, 0.2) is 18.2 Å². The number of carbonyl (C=O) groups excluding carboxylic acids is 2. The van der Waals surface area contributed by atoms with Crippen LogP contribution in [0.2, 0.25) is 18.1 Å². The van der Waals surface area contributed by atoms with Crippen LogP contribution in [0, 0.1) is 0 Å². The van der Waals surface area contributed by atoms with Crippen molar-refractivity contribution >= 4 is 26.0 Å². The summed E-state index contributed by atoms with van der Waals surface area (Å²) in [6.45, 7) is 13.8. The summed E-state index contributed by atoms with van der Waals surface area (Å²) in [5, 5.41) is 0.126. The number of hydrogen-bond acceptors (Lipinski definition) is 4. The Bertz CT molecular complexity index is 866. The fourth-order valence-electron chi connectivity index (χ4n) is 4.34. The molecule has 2 aliphatic rings. The standard InChI is InChI=1S/C25H38FNO4Si/c1-7-8-15-30-23(29)27-21-17-18(13-16-31-32(5,6)24(2,3)4)11-12-19(21)20-10-9-14-25(20,26)22(27)28/h11-12,17,20H,7-10,13-16H2,1-6H3. The van der Waals surface area contributed by atoms with Crippen LogP contribution in [0.3, 0.4) is 0 Å². The topological polar surface area (TPSA) is 55.8 Å². The van der Waals surface area contributed by atoms with E-state index in [4.69, 9.17) is 9.16 Å². The number of amides is 2. The first-order valence-electron chi connectivity index (χ1n) is 11.9. The van der Waals surface area contributed by atoms with Crippen LogP contribution in [-0.2, 0) is 20.4 Å². The fraction of sp³-hybridized carbons (Fsp3) is 0.680. The van der Waals surface area contributed by atoms with Crippen molar-refractivity contribution in [2.24, 2.45) is 0 Å². The third-order valence-corrected chi connectivity index (χ3v) is 12.0. The summed E-state index contributed by atoms with van der Waals surface area (Å²) < 4.78 is 27.4. The van der Waals surface area contributed by atoms with Crippen molar-refractivity contribution in [3.63, 3.8) is 0 Å². The molecule has 5 nitrogen and oxygen atoms in total. The van der Waals surface area contributed by atoms with Crippen LogP contribution in [0.5, 0.6) is 0 Å². The summed E-state index contributed by atoms with van der Waals surface area (Å²) in [5.74, 6) is -1.27. The number of benzene rings is 1. The van der Waals surface area contributed by atoms with E-state index in [1.54, 1.807) is 0 Å². The molecule has 1 aliphatic carbocycles. The zero-order valence-corrected chi connectivity index (χ0v) is 21.4. The second kappa shape index (κ2) is 9.25. The first-order valence-corrected chi connectivity index (χ1v) is 14.8. The largest absolute Gasteiger partial charge is 0.449 e. The van der Waals surface area contributed by atoms with Crippen LogP contribution in [0.1, 0.15) is 76.8 Å². The molecule has 2 atom stereocenters. The molecule has 1 heterocycles. The quantitative estimate of drug-likeness (QED) is 0.342. The number of anilines is 1. The lowest BCUT2D eigenvalue weighted by Gasteiger charge is -2.38. The number of nitrogens with zero attached hydrogens (tertiary/aromatic N) is 1. The number of hydrogen-bond donors (Lipinski definition) is 0. The van der Waals surface area contributed by atoms with E-state index in [1.807, 2.05) is 25.1 Å². The van der Waals surface area contributed by atoms with Crippen molar-refractivity contribution in [1.82, 2.24) is 0 Å². The number of ether oxygens (including phenoxy) is 1. The highest BCUT2D eigenvalue weighted by atomic mass is 28.4. The van der Waals surface area contributed by atoms with Crippen molar-refractivity contribution in [3.05, 3.63) is 29.3 Å². The molecular weight excluding hydrogens is 425 g/mol. The van der Waals surface area contributed by atoms with Gasteiger partial charge in [0.2, 0.25) is 0 Å². The molecule has 0 bridgehead atoms. The van der Waals surface area contributed by atoms with Crippen LogP contribution in [0.4, 0.5) is 14.9 Å². The van der Waals surface area contributed by atoms with Gasteiger partial charge in [-0.2, -0.15) is 0 Å². The third kappa shape index (κ3) is 4.64. The molecular formula is C25H38FNO4Si. The summed E-state index contributed by atoms with van der Waals surface area (Å²) in [7, 11) is -1.86. The number of fused-ring (bicyclic) bond motifs is 3. The molecule has 1 saturated carbocycles. The Hall–Kier alpha value is -1.73. The van der Waals surface area contributed by atoms with Crippen molar-refractivity contribution in [3.8, 4) is 0 Å². The van der Waals surface area contributed by atoms with Crippen LogP contribution >= 0.6 is 0 Å². The van der Waals surface area contributed by atoms with E-state index in [2.05, 4.69) is 33.9 Å². The SMILES string of the molecule is CCCCOC(=O)N1C(=O)C2(F)CCCC2c2ccc(CCO[Si](C)(C)C(C)(C)C)cc21. The predicted octanol–water partition coefficient (Wildman–Crippen LogP) is 6.51. The summed E-state index contributed by atoms with van der Waals surface area (Å²) in [6, 6.07) is 5.71. The Kier molecular flexibility index (Phi) is 7.20. The number of halogens is 1. The second-order valence-corrected chi connectivity index (χ2v) is 15.5. The van der Waals surface area contributed by atoms with Gasteiger partial charge in [0.25, 0.3) is 5.91 Å². The zero-order valence-electron chi connectivity index (χ0n) is 20.4. The zero-order chi connectivity index (χ0) is 23.7. The number of imide groups is 1. The molecule has 0 radical (unpaired) electrons.